The number of hydrogen-bond acceptors (Lipinski definition) is 2. The second-order valence-electron chi connectivity index (χ2n) is 6.31. The summed E-state index contributed by atoms with van der Waals surface area (Å²) in [7, 11) is 1.95. The molecule has 0 radical (unpaired) electrons. The highest BCUT2D eigenvalue weighted by molar-refractivity contribution is 6.12. The second kappa shape index (κ2) is 5.57. The van der Waals surface area contributed by atoms with Crippen LogP contribution in [0.2, 0.25) is 0 Å². The number of para-hydroxylation sites is 1. The SMILES string of the molecule is Cn1cc(C(=O)Nc2cc(C3CCCC3)[nH]n2)c2ccccc21. The fraction of sp³-hybridized carbons (Fsp3) is 0.333. The number of amides is 1. The molecular formula is C18H20N4O. The molecule has 1 aromatic carbocycles. The second-order valence-corrected chi connectivity index (χ2v) is 6.31. The molecule has 5 nitrogen and oxygen atoms in total. The fourth-order valence-corrected chi connectivity index (χ4v) is 3.55. The summed E-state index contributed by atoms with van der Waals surface area (Å²) in [4.78, 5) is 12.6. The zero-order valence-electron chi connectivity index (χ0n) is 13.2. The standard InChI is InChI=1S/C18H20N4O/c1-22-11-14(13-8-4-5-9-16(13)22)18(23)19-17-10-15(20-21-17)12-6-2-3-7-12/h4-5,8-12H,2-3,6-7H2,1H3,(H2,19,20,21,23). The van der Waals surface area contributed by atoms with Crippen LogP contribution in [0.1, 0.15) is 47.7 Å². The molecule has 1 saturated carbocycles. The van der Waals surface area contributed by atoms with Crippen molar-refractivity contribution in [2.75, 3.05) is 5.32 Å². The average Bonchev–Trinajstić information content (AvgIpc) is 3.27. The van der Waals surface area contributed by atoms with Gasteiger partial charge in [0.05, 0.1) is 5.56 Å². The molecule has 1 amide bonds. The summed E-state index contributed by atoms with van der Waals surface area (Å²) in [5.41, 5.74) is 2.86. The lowest BCUT2D eigenvalue weighted by Crippen LogP contribution is -2.11. The minimum atomic E-state index is -0.119. The van der Waals surface area contributed by atoms with Crippen LogP contribution in [0.5, 0.6) is 0 Å². The molecule has 0 atom stereocenters. The first-order valence-electron chi connectivity index (χ1n) is 8.13. The zero-order chi connectivity index (χ0) is 15.8. The fourth-order valence-electron chi connectivity index (χ4n) is 3.55. The molecule has 2 aromatic heterocycles. The van der Waals surface area contributed by atoms with E-state index < -0.39 is 0 Å². The van der Waals surface area contributed by atoms with E-state index in [4.69, 9.17) is 0 Å². The van der Waals surface area contributed by atoms with Gasteiger partial charge in [0.25, 0.3) is 5.91 Å². The van der Waals surface area contributed by atoms with Crippen LogP contribution in [0.4, 0.5) is 5.82 Å². The number of aromatic amines is 1. The van der Waals surface area contributed by atoms with Gasteiger partial charge in [0, 0.05) is 41.8 Å². The van der Waals surface area contributed by atoms with Gasteiger partial charge in [-0.15, -0.1) is 0 Å². The summed E-state index contributed by atoms with van der Waals surface area (Å²) < 4.78 is 1.97. The number of nitrogens with one attached hydrogen (secondary N) is 2. The molecule has 1 aliphatic rings. The number of carbonyl (C=O) groups is 1. The first-order chi connectivity index (χ1) is 11.2. The van der Waals surface area contributed by atoms with Crippen LogP contribution >= 0.6 is 0 Å². The van der Waals surface area contributed by atoms with Crippen molar-refractivity contribution in [2.24, 2.45) is 7.05 Å². The molecule has 1 aliphatic carbocycles. The minimum Gasteiger partial charge on any atom is -0.350 e. The van der Waals surface area contributed by atoms with Gasteiger partial charge in [-0.1, -0.05) is 31.0 Å². The smallest absolute Gasteiger partial charge is 0.259 e. The molecule has 23 heavy (non-hydrogen) atoms. The van der Waals surface area contributed by atoms with Gasteiger partial charge in [-0.25, -0.2) is 0 Å². The molecule has 3 aromatic rings. The third kappa shape index (κ3) is 2.52. The Kier molecular flexibility index (Phi) is 3.41. The van der Waals surface area contributed by atoms with Crippen LogP contribution in [-0.2, 0) is 7.05 Å². The van der Waals surface area contributed by atoms with E-state index in [0.717, 1.165) is 16.6 Å². The van der Waals surface area contributed by atoms with Gasteiger partial charge in [0.15, 0.2) is 5.82 Å². The van der Waals surface area contributed by atoms with Crippen molar-refractivity contribution >= 4 is 22.6 Å². The van der Waals surface area contributed by atoms with Gasteiger partial charge >= 0.3 is 0 Å². The monoisotopic (exact) mass is 308 g/mol. The van der Waals surface area contributed by atoms with Crippen LogP contribution in [0.15, 0.2) is 36.5 Å². The number of rotatable bonds is 3. The van der Waals surface area contributed by atoms with Crippen molar-refractivity contribution in [2.45, 2.75) is 31.6 Å². The third-order valence-corrected chi connectivity index (χ3v) is 4.78. The number of anilines is 1. The van der Waals surface area contributed by atoms with Crippen LogP contribution in [0.3, 0.4) is 0 Å². The molecule has 1 fully saturated rings. The van der Waals surface area contributed by atoms with Crippen molar-refractivity contribution in [3.63, 3.8) is 0 Å². The van der Waals surface area contributed by atoms with Gasteiger partial charge in [0.2, 0.25) is 0 Å². The van der Waals surface area contributed by atoms with Crippen LogP contribution in [0, 0.1) is 0 Å². The van der Waals surface area contributed by atoms with Crippen molar-refractivity contribution in [1.29, 1.82) is 0 Å². The Balaban J connectivity index is 1.57. The van der Waals surface area contributed by atoms with Gasteiger partial charge in [-0.2, -0.15) is 5.10 Å². The highest BCUT2D eigenvalue weighted by atomic mass is 16.1. The predicted octanol–water partition coefficient (Wildman–Crippen LogP) is 3.81. The molecule has 0 saturated heterocycles. The van der Waals surface area contributed by atoms with E-state index >= 15 is 0 Å². The van der Waals surface area contributed by atoms with Crippen LogP contribution < -0.4 is 5.32 Å². The molecular weight excluding hydrogens is 288 g/mol. The topological polar surface area (TPSA) is 62.7 Å². The van der Waals surface area contributed by atoms with E-state index in [1.807, 2.05) is 48.1 Å². The molecule has 0 aliphatic heterocycles. The summed E-state index contributed by atoms with van der Waals surface area (Å²) in [5, 5.41) is 11.2. The molecule has 2 N–H and O–H groups in total. The van der Waals surface area contributed by atoms with Crippen molar-refractivity contribution < 1.29 is 4.79 Å². The molecule has 118 valence electrons. The van der Waals surface area contributed by atoms with E-state index in [9.17, 15) is 4.79 Å². The maximum absolute atomic E-state index is 12.6. The van der Waals surface area contributed by atoms with E-state index in [-0.39, 0.29) is 5.91 Å². The average molecular weight is 308 g/mol. The highest BCUT2D eigenvalue weighted by Gasteiger charge is 2.20. The number of fused-ring (bicyclic) bond motifs is 1. The quantitative estimate of drug-likeness (QED) is 0.773. The summed E-state index contributed by atoms with van der Waals surface area (Å²) in [5.74, 6) is 1.04. The number of aryl methyl sites for hydroxylation is 1. The lowest BCUT2D eigenvalue weighted by Gasteiger charge is -2.03. The Morgan fingerprint density at radius 1 is 1.30 bits per heavy atom. The van der Waals surface area contributed by atoms with E-state index in [1.165, 1.54) is 25.7 Å². The first kappa shape index (κ1) is 14.1. The number of hydrogen-bond donors (Lipinski definition) is 2. The summed E-state index contributed by atoms with van der Waals surface area (Å²) in [6.07, 6.45) is 6.84. The van der Waals surface area contributed by atoms with Crippen LogP contribution in [0.25, 0.3) is 10.9 Å². The maximum Gasteiger partial charge on any atom is 0.259 e. The predicted molar refractivity (Wildman–Crippen MR) is 90.7 cm³/mol. The number of H-pyrrole nitrogens is 1. The highest BCUT2D eigenvalue weighted by Crippen LogP contribution is 2.33. The van der Waals surface area contributed by atoms with Crippen molar-refractivity contribution in [3.05, 3.63) is 47.8 Å². The molecule has 0 spiro atoms. The Morgan fingerprint density at radius 2 is 2.09 bits per heavy atom. The Labute approximate surface area is 134 Å². The normalized spacial score (nSPS) is 15.3. The van der Waals surface area contributed by atoms with Gasteiger partial charge in [-0.05, 0) is 18.9 Å². The summed E-state index contributed by atoms with van der Waals surface area (Å²) in [6.45, 7) is 0. The lowest BCUT2D eigenvalue weighted by molar-refractivity contribution is 0.102. The van der Waals surface area contributed by atoms with Crippen molar-refractivity contribution in [1.82, 2.24) is 14.8 Å². The number of aromatic nitrogens is 3. The first-order valence-corrected chi connectivity index (χ1v) is 8.13. The molecule has 0 bridgehead atoms. The van der Waals surface area contributed by atoms with E-state index in [0.29, 0.717) is 17.3 Å². The maximum atomic E-state index is 12.6. The minimum absolute atomic E-state index is 0.119. The third-order valence-electron chi connectivity index (χ3n) is 4.78. The Morgan fingerprint density at radius 3 is 2.91 bits per heavy atom. The molecule has 5 heteroatoms. The molecule has 4 rings (SSSR count). The van der Waals surface area contributed by atoms with E-state index in [2.05, 4.69) is 15.5 Å². The zero-order valence-corrected chi connectivity index (χ0v) is 13.2. The lowest BCUT2D eigenvalue weighted by atomic mass is 10.0. The number of benzene rings is 1. The number of nitrogens with zero attached hydrogens (tertiary/aromatic N) is 2. The van der Waals surface area contributed by atoms with Gasteiger partial charge < -0.3 is 9.88 Å². The number of carbonyl (C=O) groups excluding carboxylic acids is 1. The Hall–Kier alpha value is -2.56. The van der Waals surface area contributed by atoms with E-state index in [1.54, 1.807) is 0 Å². The molecule has 0 unspecified atom stereocenters. The van der Waals surface area contributed by atoms with Crippen LogP contribution in [-0.4, -0.2) is 20.7 Å². The summed E-state index contributed by atoms with van der Waals surface area (Å²) in [6, 6.07) is 9.88. The van der Waals surface area contributed by atoms with Gasteiger partial charge in [0.1, 0.15) is 0 Å². The van der Waals surface area contributed by atoms with Gasteiger partial charge in [-0.3, -0.25) is 9.89 Å². The molecule has 2 heterocycles. The van der Waals surface area contributed by atoms with Crippen molar-refractivity contribution in [3.8, 4) is 0 Å². The Bertz CT molecular complexity index is 855. The largest absolute Gasteiger partial charge is 0.350 e. The summed E-state index contributed by atoms with van der Waals surface area (Å²) >= 11 is 0.